The molecule has 2 heterocycles. The molecule has 0 spiro atoms. The second-order valence-electron chi connectivity index (χ2n) is 5.92. The Balaban J connectivity index is 1.88. The standard InChI is InChI=1S/C18H22N4/c1-13-18-16(15-7-4-5-8-17(15)21-18)11-14(20-13)12-19-9-6-10-22(2)3/h4-5,7-8,11-12,21H,6,9-10H2,1-3H3. The largest absolute Gasteiger partial charge is 0.353 e. The Labute approximate surface area is 130 Å². The Morgan fingerprint density at radius 3 is 2.86 bits per heavy atom. The van der Waals surface area contributed by atoms with E-state index in [4.69, 9.17) is 0 Å². The Morgan fingerprint density at radius 2 is 2.05 bits per heavy atom. The number of aliphatic imine (C=N–C) groups is 1. The van der Waals surface area contributed by atoms with Crippen molar-refractivity contribution in [3.63, 3.8) is 0 Å². The third-order valence-corrected chi connectivity index (χ3v) is 3.81. The number of pyridine rings is 1. The van der Waals surface area contributed by atoms with Crippen molar-refractivity contribution in [3.8, 4) is 0 Å². The molecule has 4 nitrogen and oxygen atoms in total. The van der Waals surface area contributed by atoms with Gasteiger partial charge in [0.15, 0.2) is 0 Å². The highest BCUT2D eigenvalue weighted by atomic mass is 15.0. The monoisotopic (exact) mass is 294 g/mol. The smallest absolute Gasteiger partial charge is 0.0818 e. The molecule has 0 unspecified atom stereocenters. The highest BCUT2D eigenvalue weighted by Gasteiger charge is 2.07. The molecular formula is C18H22N4. The highest BCUT2D eigenvalue weighted by molar-refractivity contribution is 6.08. The molecule has 22 heavy (non-hydrogen) atoms. The molecular weight excluding hydrogens is 272 g/mol. The first-order chi connectivity index (χ1) is 10.6. The molecule has 2 aromatic heterocycles. The minimum absolute atomic E-state index is 0.838. The van der Waals surface area contributed by atoms with Crippen LogP contribution in [-0.4, -0.2) is 48.3 Å². The van der Waals surface area contributed by atoms with Crippen LogP contribution in [0.3, 0.4) is 0 Å². The second kappa shape index (κ2) is 6.28. The van der Waals surface area contributed by atoms with Gasteiger partial charge in [-0.1, -0.05) is 18.2 Å². The summed E-state index contributed by atoms with van der Waals surface area (Å²) in [7, 11) is 4.17. The van der Waals surface area contributed by atoms with Gasteiger partial charge in [-0.2, -0.15) is 0 Å². The Hall–Kier alpha value is -2.20. The van der Waals surface area contributed by atoms with Crippen LogP contribution in [0.15, 0.2) is 35.3 Å². The topological polar surface area (TPSA) is 44.3 Å². The molecule has 3 aromatic rings. The lowest BCUT2D eigenvalue weighted by atomic mass is 10.1. The number of hydrogen-bond donors (Lipinski definition) is 1. The summed E-state index contributed by atoms with van der Waals surface area (Å²) in [5.74, 6) is 0. The predicted octanol–water partition coefficient (Wildman–Crippen LogP) is 3.40. The Kier molecular flexibility index (Phi) is 4.20. The number of aryl methyl sites for hydroxylation is 1. The number of H-pyrrole nitrogens is 1. The zero-order chi connectivity index (χ0) is 15.5. The third kappa shape index (κ3) is 3.02. The first kappa shape index (κ1) is 14.7. The number of para-hydroxylation sites is 1. The van der Waals surface area contributed by atoms with Crippen molar-refractivity contribution in [2.45, 2.75) is 13.3 Å². The normalized spacial score (nSPS) is 12.2. The van der Waals surface area contributed by atoms with Crippen LogP contribution in [0.25, 0.3) is 21.8 Å². The van der Waals surface area contributed by atoms with Gasteiger partial charge in [-0.25, -0.2) is 4.98 Å². The van der Waals surface area contributed by atoms with E-state index in [9.17, 15) is 0 Å². The van der Waals surface area contributed by atoms with E-state index in [0.29, 0.717) is 0 Å². The fraction of sp³-hybridized carbons (Fsp3) is 0.333. The zero-order valence-electron chi connectivity index (χ0n) is 13.4. The van der Waals surface area contributed by atoms with Crippen LogP contribution in [0, 0.1) is 6.92 Å². The van der Waals surface area contributed by atoms with Crippen LogP contribution in [0.4, 0.5) is 0 Å². The van der Waals surface area contributed by atoms with Crippen molar-refractivity contribution in [1.29, 1.82) is 0 Å². The molecule has 3 rings (SSSR count). The van der Waals surface area contributed by atoms with E-state index in [1.807, 2.05) is 19.2 Å². The van der Waals surface area contributed by atoms with E-state index < -0.39 is 0 Å². The average molecular weight is 294 g/mol. The molecule has 0 saturated heterocycles. The van der Waals surface area contributed by atoms with Gasteiger partial charge in [-0.3, -0.25) is 4.99 Å². The molecule has 1 N–H and O–H groups in total. The highest BCUT2D eigenvalue weighted by Crippen LogP contribution is 2.26. The summed E-state index contributed by atoms with van der Waals surface area (Å²) in [6.45, 7) is 3.94. The van der Waals surface area contributed by atoms with Crippen molar-refractivity contribution in [3.05, 3.63) is 41.7 Å². The van der Waals surface area contributed by atoms with Gasteiger partial charge in [-0.05, 0) is 46.1 Å². The van der Waals surface area contributed by atoms with Gasteiger partial charge in [0.05, 0.1) is 16.9 Å². The summed E-state index contributed by atoms with van der Waals surface area (Å²) < 4.78 is 0. The minimum Gasteiger partial charge on any atom is -0.353 e. The third-order valence-electron chi connectivity index (χ3n) is 3.81. The average Bonchev–Trinajstić information content (AvgIpc) is 2.86. The Bertz CT molecular complexity index is 814. The molecule has 0 amide bonds. The number of benzene rings is 1. The van der Waals surface area contributed by atoms with Gasteiger partial charge in [-0.15, -0.1) is 0 Å². The molecule has 1 aromatic carbocycles. The van der Waals surface area contributed by atoms with Gasteiger partial charge in [0.25, 0.3) is 0 Å². The predicted molar refractivity (Wildman–Crippen MR) is 94.0 cm³/mol. The number of nitrogens with one attached hydrogen (secondary N) is 1. The molecule has 114 valence electrons. The molecule has 0 bridgehead atoms. The molecule has 0 radical (unpaired) electrons. The van der Waals surface area contributed by atoms with E-state index in [2.05, 4.69) is 58.2 Å². The van der Waals surface area contributed by atoms with Gasteiger partial charge >= 0.3 is 0 Å². The SMILES string of the molecule is Cc1nc(C=NCCCN(C)C)cc2c1[nH]c1ccccc12. The van der Waals surface area contributed by atoms with Crippen molar-refractivity contribution in [1.82, 2.24) is 14.9 Å². The molecule has 0 atom stereocenters. The van der Waals surface area contributed by atoms with E-state index in [1.165, 1.54) is 10.8 Å². The zero-order valence-corrected chi connectivity index (χ0v) is 13.4. The lowest BCUT2D eigenvalue weighted by Gasteiger charge is -2.06. The van der Waals surface area contributed by atoms with Crippen molar-refractivity contribution >= 4 is 28.0 Å². The molecule has 0 aliphatic heterocycles. The van der Waals surface area contributed by atoms with E-state index in [0.717, 1.165) is 41.9 Å². The Morgan fingerprint density at radius 1 is 1.23 bits per heavy atom. The van der Waals surface area contributed by atoms with Crippen molar-refractivity contribution in [2.75, 3.05) is 27.2 Å². The summed E-state index contributed by atoms with van der Waals surface area (Å²) in [6.07, 6.45) is 2.96. The number of aromatic amines is 1. The van der Waals surface area contributed by atoms with Crippen molar-refractivity contribution < 1.29 is 0 Å². The van der Waals surface area contributed by atoms with E-state index in [1.54, 1.807) is 0 Å². The molecule has 0 saturated carbocycles. The maximum Gasteiger partial charge on any atom is 0.0818 e. The van der Waals surface area contributed by atoms with Crippen LogP contribution < -0.4 is 0 Å². The number of rotatable bonds is 5. The van der Waals surface area contributed by atoms with Gasteiger partial charge in [0, 0.05) is 29.0 Å². The molecule has 0 aliphatic carbocycles. The number of hydrogen-bond acceptors (Lipinski definition) is 3. The number of fused-ring (bicyclic) bond motifs is 3. The summed E-state index contributed by atoms with van der Waals surface area (Å²) in [5, 5.41) is 2.46. The maximum atomic E-state index is 4.64. The second-order valence-corrected chi connectivity index (χ2v) is 5.92. The first-order valence-corrected chi connectivity index (χ1v) is 7.68. The summed E-state index contributed by atoms with van der Waals surface area (Å²) >= 11 is 0. The molecule has 0 fully saturated rings. The summed E-state index contributed by atoms with van der Waals surface area (Å²) in [4.78, 5) is 14.8. The summed E-state index contributed by atoms with van der Waals surface area (Å²) in [5.41, 5.74) is 4.22. The number of aromatic nitrogens is 2. The van der Waals surface area contributed by atoms with Gasteiger partial charge < -0.3 is 9.88 Å². The van der Waals surface area contributed by atoms with Crippen LogP contribution in [0.5, 0.6) is 0 Å². The fourth-order valence-corrected chi connectivity index (χ4v) is 2.73. The molecule has 4 heteroatoms. The lowest BCUT2D eigenvalue weighted by Crippen LogP contribution is -2.13. The van der Waals surface area contributed by atoms with Crippen LogP contribution in [-0.2, 0) is 0 Å². The number of nitrogens with zero attached hydrogens (tertiary/aromatic N) is 3. The first-order valence-electron chi connectivity index (χ1n) is 7.68. The maximum absolute atomic E-state index is 4.64. The molecule has 0 aliphatic rings. The fourth-order valence-electron chi connectivity index (χ4n) is 2.73. The quantitative estimate of drug-likeness (QED) is 0.579. The lowest BCUT2D eigenvalue weighted by molar-refractivity contribution is 0.403. The van der Waals surface area contributed by atoms with Crippen LogP contribution in [0.2, 0.25) is 0 Å². The van der Waals surface area contributed by atoms with Crippen molar-refractivity contribution in [2.24, 2.45) is 4.99 Å². The van der Waals surface area contributed by atoms with E-state index >= 15 is 0 Å². The van der Waals surface area contributed by atoms with Gasteiger partial charge in [0.1, 0.15) is 0 Å². The van der Waals surface area contributed by atoms with Gasteiger partial charge in [0.2, 0.25) is 0 Å². The van der Waals surface area contributed by atoms with E-state index in [-0.39, 0.29) is 0 Å². The van der Waals surface area contributed by atoms with Crippen LogP contribution >= 0.6 is 0 Å². The summed E-state index contributed by atoms with van der Waals surface area (Å²) in [6, 6.07) is 10.5. The van der Waals surface area contributed by atoms with Crippen LogP contribution in [0.1, 0.15) is 17.8 Å². The minimum atomic E-state index is 0.838.